The van der Waals surface area contributed by atoms with E-state index in [4.69, 9.17) is 20.8 Å². The molecule has 0 spiro atoms. The largest absolute Gasteiger partial charge is 0.497 e. The number of ether oxygens (including phenoxy) is 3. The molecule has 0 saturated heterocycles. The summed E-state index contributed by atoms with van der Waals surface area (Å²) in [6.45, 7) is 7.51. The third kappa shape index (κ3) is 4.13. The maximum Gasteiger partial charge on any atom is 0.213 e. The number of hydrogen-bond acceptors (Lipinski definition) is 5. The van der Waals surface area contributed by atoms with Crippen molar-refractivity contribution in [2.45, 2.75) is 6.54 Å². The summed E-state index contributed by atoms with van der Waals surface area (Å²) in [6.07, 6.45) is 0. The number of nitrogens with zero attached hydrogens (tertiary/aromatic N) is 3. The lowest BCUT2D eigenvalue weighted by Crippen LogP contribution is -1.92. The van der Waals surface area contributed by atoms with E-state index in [0.29, 0.717) is 35.2 Å². The molecule has 0 unspecified atom stereocenters. The monoisotopic (exact) mass is 323 g/mol. The van der Waals surface area contributed by atoms with Crippen molar-refractivity contribution < 1.29 is 14.2 Å². The summed E-state index contributed by atoms with van der Waals surface area (Å²) < 4.78 is 15.6. The minimum absolute atomic E-state index is 0.355. The molecule has 0 amide bonds. The minimum Gasteiger partial charge on any atom is -0.497 e. The number of hydrogen-bond donors (Lipinski definition) is 0. The highest BCUT2D eigenvalue weighted by Gasteiger charge is 2.04. The van der Waals surface area contributed by atoms with Crippen molar-refractivity contribution in [3.8, 4) is 17.2 Å². The maximum atomic E-state index is 7.16. The van der Waals surface area contributed by atoms with Gasteiger partial charge in [-0.1, -0.05) is 6.07 Å². The molecule has 24 heavy (non-hydrogen) atoms. The molecule has 0 aromatic heterocycles. The quantitative estimate of drug-likeness (QED) is 0.589. The van der Waals surface area contributed by atoms with Gasteiger partial charge in [0.2, 0.25) is 5.69 Å². The number of rotatable bonds is 6. The van der Waals surface area contributed by atoms with Crippen LogP contribution in [0.3, 0.4) is 0 Å². The molecule has 6 nitrogen and oxygen atoms in total. The van der Waals surface area contributed by atoms with E-state index in [9.17, 15) is 0 Å². The van der Waals surface area contributed by atoms with Crippen molar-refractivity contribution in [1.82, 2.24) is 0 Å². The van der Waals surface area contributed by atoms with Crippen molar-refractivity contribution in [1.29, 1.82) is 0 Å². The molecule has 0 aliphatic rings. The van der Waals surface area contributed by atoms with Crippen LogP contribution in [-0.4, -0.2) is 27.3 Å². The fourth-order valence-corrected chi connectivity index (χ4v) is 2.01. The molecular formula is C18H17N3O3. The van der Waals surface area contributed by atoms with Gasteiger partial charge in [0, 0.05) is 11.6 Å². The fourth-order valence-electron chi connectivity index (χ4n) is 2.01. The van der Waals surface area contributed by atoms with Gasteiger partial charge in [0.05, 0.1) is 46.1 Å². The molecule has 2 aromatic rings. The Labute approximate surface area is 140 Å². The van der Waals surface area contributed by atoms with Gasteiger partial charge >= 0.3 is 0 Å². The Morgan fingerprint density at radius 2 is 1.71 bits per heavy atom. The van der Waals surface area contributed by atoms with Crippen molar-refractivity contribution >= 4 is 17.4 Å². The van der Waals surface area contributed by atoms with Gasteiger partial charge in [-0.3, -0.25) is 0 Å². The minimum atomic E-state index is 0.355. The highest BCUT2D eigenvalue weighted by Crippen LogP contribution is 2.31. The van der Waals surface area contributed by atoms with E-state index >= 15 is 0 Å². The summed E-state index contributed by atoms with van der Waals surface area (Å²) in [5, 5.41) is 0. The van der Waals surface area contributed by atoms with E-state index in [1.165, 1.54) is 0 Å². The summed E-state index contributed by atoms with van der Waals surface area (Å²) in [4.78, 5) is 11.7. The average molecular weight is 323 g/mol. The zero-order valence-corrected chi connectivity index (χ0v) is 13.7. The summed E-state index contributed by atoms with van der Waals surface area (Å²) in [5.74, 6) is 2.02. The van der Waals surface area contributed by atoms with Crippen molar-refractivity contribution in [3.63, 3.8) is 0 Å². The first-order valence-electron chi connectivity index (χ1n) is 7.10. The van der Waals surface area contributed by atoms with Crippen LogP contribution < -0.4 is 14.2 Å². The number of methoxy groups -OCH3 is 3. The van der Waals surface area contributed by atoms with Gasteiger partial charge in [0.25, 0.3) is 0 Å². The Hall–Kier alpha value is -3.29. The molecule has 0 radical (unpaired) electrons. The van der Waals surface area contributed by atoms with E-state index < -0.39 is 0 Å². The van der Waals surface area contributed by atoms with Gasteiger partial charge in [0.1, 0.15) is 17.2 Å². The molecule has 0 aliphatic carbocycles. The van der Waals surface area contributed by atoms with Crippen molar-refractivity contribution in [3.05, 3.63) is 53.4 Å². The van der Waals surface area contributed by atoms with Crippen LogP contribution in [0.5, 0.6) is 17.2 Å². The maximum absolute atomic E-state index is 7.16. The Balaban J connectivity index is 2.20. The molecule has 0 heterocycles. The lowest BCUT2D eigenvalue weighted by molar-refractivity contribution is 0.391. The second-order valence-electron chi connectivity index (χ2n) is 4.67. The number of aliphatic imine (C=N–C) groups is 2. The van der Waals surface area contributed by atoms with Crippen LogP contribution >= 0.6 is 0 Å². The molecule has 6 heteroatoms. The molecular weight excluding hydrogens is 306 g/mol. The molecule has 0 aliphatic heterocycles. The van der Waals surface area contributed by atoms with Crippen LogP contribution in [0.15, 0.2) is 46.4 Å². The van der Waals surface area contributed by atoms with Gasteiger partial charge < -0.3 is 14.2 Å². The first kappa shape index (κ1) is 17.1. The van der Waals surface area contributed by atoms with Gasteiger partial charge in [0.15, 0.2) is 0 Å². The third-order valence-electron chi connectivity index (χ3n) is 3.29. The molecule has 0 N–H and O–H groups in total. The zero-order valence-electron chi connectivity index (χ0n) is 13.7. The van der Waals surface area contributed by atoms with Crippen LogP contribution in [0.25, 0.3) is 4.85 Å². The smallest absolute Gasteiger partial charge is 0.213 e. The van der Waals surface area contributed by atoms with Crippen molar-refractivity contribution in [2.24, 2.45) is 9.98 Å². The molecule has 2 rings (SSSR count). The van der Waals surface area contributed by atoms with Crippen LogP contribution in [0.2, 0.25) is 0 Å². The molecule has 0 atom stereocenters. The Morgan fingerprint density at radius 3 is 2.38 bits per heavy atom. The fraction of sp³-hybridized carbons (Fsp3) is 0.222. The predicted octanol–water partition coefficient (Wildman–Crippen LogP) is 4.27. The van der Waals surface area contributed by atoms with E-state index in [1.807, 2.05) is 12.1 Å². The normalized spacial score (nSPS) is 9.42. The number of benzene rings is 2. The summed E-state index contributed by atoms with van der Waals surface area (Å²) in [6, 6.07) is 13.2. The second-order valence-corrected chi connectivity index (χ2v) is 4.67. The zero-order chi connectivity index (χ0) is 17.4. The van der Waals surface area contributed by atoms with Crippen LogP contribution in [0.4, 0.5) is 11.4 Å². The van der Waals surface area contributed by atoms with Crippen LogP contribution in [0.1, 0.15) is 5.56 Å². The standard InChI is InChI=1S/C18H17N3O3/c1-19-16-8-7-14(22-2)9-17(16)21-12-20-11-13-5-6-15(23-3)10-18(13)24-4/h5-10H,11H2,2-4H3. The first-order valence-corrected chi connectivity index (χ1v) is 7.10. The summed E-state index contributed by atoms with van der Waals surface area (Å²) in [5.41, 5.74) is 1.77. The Morgan fingerprint density at radius 1 is 1.00 bits per heavy atom. The van der Waals surface area contributed by atoms with Gasteiger partial charge in [-0.25, -0.2) is 9.84 Å². The van der Waals surface area contributed by atoms with E-state index in [1.54, 1.807) is 45.6 Å². The predicted molar refractivity (Wildman–Crippen MR) is 92.0 cm³/mol. The Bertz CT molecular complexity index is 819. The SMILES string of the molecule is [C-]#[N+]c1ccc(OC)cc1N=C=NCc1ccc(OC)cc1OC. The van der Waals surface area contributed by atoms with E-state index in [2.05, 4.69) is 20.8 Å². The van der Waals surface area contributed by atoms with Gasteiger partial charge in [-0.05, 0) is 24.3 Å². The highest BCUT2D eigenvalue weighted by atomic mass is 16.5. The summed E-state index contributed by atoms with van der Waals surface area (Å²) >= 11 is 0. The summed E-state index contributed by atoms with van der Waals surface area (Å²) in [7, 11) is 4.75. The van der Waals surface area contributed by atoms with E-state index in [0.717, 1.165) is 5.56 Å². The molecule has 0 saturated carbocycles. The topological polar surface area (TPSA) is 56.8 Å². The Kier molecular flexibility index (Phi) is 5.95. The lowest BCUT2D eigenvalue weighted by Gasteiger charge is -2.07. The lowest BCUT2D eigenvalue weighted by atomic mass is 10.2. The highest BCUT2D eigenvalue weighted by molar-refractivity contribution is 5.71. The molecule has 0 fully saturated rings. The van der Waals surface area contributed by atoms with E-state index in [-0.39, 0.29) is 0 Å². The second kappa shape index (κ2) is 8.37. The van der Waals surface area contributed by atoms with Gasteiger partial charge in [-0.2, -0.15) is 4.99 Å². The van der Waals surface area contributed by atoms with Crippen molar-refractivity contribution in [2.75, 3.05) is 21.3 Å². The third-order valence-corrected chi connectivity index (χ3v) is 3.29. The van der Waals surface area contributed by atoms with Crippen LogP contribution in [0, 0.1) is 6.57 Å². The van der Waals surface area contributed by atoms with Gasteiger partial charge in [-0.15, -0.1) is 0 Å². The molecule has 2 aromatic carbocycles. The molecule has 0 bridgehead atoms. The molecule has 122 valence electrons. The first-order chi connectivity index (χ1) is 11.7. The van der Waals surface area contributed by atoms with Crippen LogP contribution in [-0.2, 0) is 6.54 Å². The average Bonchev–Trinajstić information content (AvgIpc) is 2.64.